The number of hydrogen-bond acceptors (Lipinski definition) is 4. The molecule has 40 heavy (non-hydrogen) atoms. The first kappa shape index (κ1) is 27.3. The summed E-state index contributed by atoms with van der Waals surface area (Å²) < 4.78 is 7.55. The van der Waals surface area contributed by atoms with E-state index in [1.807, 2.05) is 61.7 Å². The Balaban J connectivity index is 1.36. The highest BCUT2D eigenvalue weighted by Crippen LogP contribution is 2.28. The highest BCUT2D eigenvalue weighted by Gasteiger charge is 2.30. The van der Waals surface area contributed by atoms with Crippen molar-refractivity contribution in [3.63, 3.8) is 0 Å². The summed E-state index contributed by atoms with van der Waals surface area (Å²) in [4.78, 5) is 27.9. The van der Waals surface area contributed by atoms with Gasteiger partial charge < -0.3 is 19.5 Å². The Morgan fingerprint density at radius 1 is 1.00 bits per heavy atom. The van der Waals surface area contributed by atoms with Crippen molar-refractivity contribution in [2.24, 2.45) is 0 Å². The number of fused-ring (bicyclic) bond motifs is 2. The number of carbonyl (C=O) groups excluding carboxylic acids is 2. The number of nitrogens with one attached hydrogen (secondary N) is 1. The molecule has 0 aliphatic heterocycles. The topological polar surface area (TPSA) is 87.4 Å². The van der Waals surface area contributed by atoms with Crippen molar-refractivity contribution in [2.75, 3.05) is 7.05 Å². The standard InChI is InChI=1S/C33H36N4O3/c1-33(2,3)40-32(39)36(4)27-16-14-26(15-17-27)35-31(38)30-19-24-13-12-22(20-34)18-29(24)37(30)21-25-10-7-9-23-8-5-6-11-28(23)25/h5-13,18-19,26-27H,14-17,21H2,1-4H3,(H,35,38). The highest BCUT2D eigenvalue weighted by atomic mass is 16.6. The number of nitrogens with zero attached hydrogens (tertiary/aromatic N) is 3. The first-order valence-corrected chi connectivity index (χ1v) is 13.9. The fraction of sp³-hybridized carbons (Fsp3) is 0.364. The molecule has 5 rings (SSSR count). The van der Waals surface area contributed by atoms with Crippen LogP contribution in [0.1, 0.15) is 68.1 Å². The Labute approximate surface area is 235 Å². The molecule has 2 amide bonds. The van der Waals surface area contributed by atoms with Gasteiger partial charge in [-0.2, -0.15) is 5.26 Å². The molecule has 1 aliphatic carbocycles. The summed E-state index contributed by atoms with van der Waals surface area (Å²) in [5.41, 5.74) is 2.57. The van der Waals surface area contributed by atoms with Gasteiger partial charge in [0.25, 0.3) is 5.91 Å². The number of rotatable bonds is 5. The van der Waals surface area contributed by atoms with Gasteiger partial charge in [0, 0.05) is 31.1 Å². The predicted molar refractivity (Wildman–Crippen MR) is 157 cm³/mol. The largest absolute Gasteiger partial charge is 0.444 e. The molecule has 7 nitrogen and oxygen atoms in total. The molecule has 0 unspecified atom stereocenters. The second-order valence-corrected chi connectivity index (χ2v) is 11.7. The molecular formula is C33H36N4O3. The lowest BCUT2D eigenvalue weighted by atomic mass is 9.90. The number of aromatic nitrogens is 1. The number of amides is 2. The summed E-state index contributed by atoms with van der Waals surface area (Å²) in [5, 5.41) is 16.0. The quantitative estimate of drug-likeness (QED) is 0.310. The first-order chi connectivity index (χ1) is 19.1. The second kappa shape index (κ2) is 11.1. The van der Waals surface area contributed by atoms with E-state index >= 15 is 0 Å². The van der Waals surface area contributed by atoms with Gasteiger partial charge in [-0.1, -0.05) is 48.5 Å². The van der Waals surface area contributed by atoms with E-state index < -0.39 is 5.60 Å². The molecule has 0 radical (unpaired) electrons. The minimum atomic E-state index is -0.533. The maximum Gasteiger partial charge on any atom is 0.410 e. The average Bonchev–Trinajstić information content (AvgIpc) is 3.30. The van der Waals surface area contributed by atoms with E-state index in [9.17, 15) is 14.9 Å². The summed E-state index contributed by atoms with van der Waals surface area (Å²) in [6, 6.07) is 24.3. The Morgan fingerprint density at radius 2 is 1.73 bits per heavy atom. The second-order valence-electron chi connectivity index (χ2n) is 11.7. The fourth-order valence-electron chi connectivity index (χ4n) is 5.63. The van der Waals surface area contributed by atoms with Crippen LogP contribution in [0.4, 0.5) is 4.79 Å². The van der Waals surface area contributed by atoms with Crippen LogP contribution in [0.2, 0.25) is 0 Å². The molecule has 3 aromatic carbocycles. The molecule has 1 N–H and O–H groups in total. The van der Waals surface area contributed by atoms with Gasteiger partial charge in [-0.25, -0.2) is 4.79 Å². The van der Waals surface area contributed by atoms with Gasteiger partial charge in [-0.3, -0.25) is 4.79 Å². The molecule has 1 fully saturated rings. The van der Waals surface area contributed by atoms with E-state index in [0.29, 0.717) is 17.8 Å². The van der Waals surface area contributed by atoms with Crippen molar-refractivity contribution in [3.8, 4) is 6.07 Å². The Morgan fingerprint density at radius 3 is 2.45 bits per heavy atom. The molecule has 1 saturated carbocycles. The summed E-state index contributed by atoms with van der Waals surface area (Å²) in [6.45, 7) is 6.11. The van der Waals surface area contributed by atoms with E-state index in [0.717, 1.165) is 52.9 Å². The summed E-state index contributed by atoms with van der Waals surface area (Å²) in [7, 11) is 1.79. The lowest BCUT2D eigenvalue weighted by Gasteiger charge is -2.35. The van der Waals surface area contributed by atoms with Crippen molar-refractivity contribution in [1.29, 1.82) is 5.26 Å². The van der Waals surface area contributed by atoms with Crippen molar-refractivity contribution < 1.29 is 14.3 Å². The third-order valence-corrected chi connectivity index (χ3v) is 7.74. The van der Waals surface area contributed by atoms with Gasteiger partial charge in [-0.15, -0.1) is 0 Å². The summed E-state index contributed by atoms with van der Waals surface area (Å²) in [5.74, 6) is -0.126. The van der Waals surface area contributed by atoms with E-state index in [1.165, 1.54) is 0 Å². The highest BCUT2D eigenvalue weighted by molar-refractivity contribution is 5.99. The van der Waals surface area contributed by atoms with Crippen LogP contribution in [-0.2, 0) is 11.3 Å². The minimum Gasteiger partial charge on any atom is -0.444 e. The molecule has 206 valence electrons. The van der Waals surface area contributed by atoms with Crippen molar-refractivity contribution in [2.45, 2.75) is 70.7 Å². The van der Waals surface area contributed by atoms with Crippen molar-refractivity contribution in [3.05, 3.63) is 83.6 Å². The van der Waals surface area contributed by atoms with Crippen molar-refractivity contribution in [1.82, 2.24) is 14.8 Å². The van der Waals surface area contributed by atoms with Gasteiger partial charge in [0.2, 0.25) is 0 Å². The normalized spacial score (nSPS) is 17.4. The number of carbonyl (C=O) groups is 2. The molecule has 1 heterocycles. The lowest BCUT2D eigenvalue weighted by molar-refractivity contribution is 0.0178. The maximum atomic E-state index is 13.7. The Kier molecular flexibility index (Phi) is 7.53. The van der Waals surface area contributed by atoms with E-state index in [1.54, 1.807) is 18.0 Å². The number of benzene rings is 3. The first-order valence-electron chi connectivity index (χ1n) is 13.9. The molecule has 7 heteroatoms. The van der Waals surface area contributed by atoms with Crippen LogP contribution in [0.15, 0.2) is 66.7 Å². The molecule has 0 atom stereocenters. The smallest absolute Gasteiger partial charge is 0.410 e. The van der Waals surface area contributed by atoms with E-state index in [4.69, 9.17) is 4.74 Å². The maximum absolute atomic E-state index is 13.7. The molecule has 1 aliphatic rings. The van der Waals surface area contributed by atoms with Crippen LogP contribution in [0.5, 0.6) is 0 Å². The Hall–Kier alpha value is -4.31. The molecule has 0 bridgehead atoms. The summed E-state index contributed by atoms with van der Waals surface area (Å²) >= 11 is 0. The molecule has 0 saturated heterocycles. The zero-order valence-corrected chi connectivity index (χ0v) is 23.6. The predicted octanol–water partition coefficient (Wildman–Crippen LogP) is 6.62. The minimum absolute atomic E-state index is 0.0227. The Bertz CT molecular complexity index is 1590. The van der Waals surface area contributed by atoms with Gasteiger partial charge in [0.05, 0.1) is 17.1 Å². The monoisotopic (exact) mass is 536 g/mol. The van der Waals surface area contributed by atoms with Gasteiger partial charge in [0.15, 0.2) is 0 Å². The van der Waals surface area contributed by atoms with Gasteiger partial charge >= 0.3 is 6.09 Å². The fourth-order valence-corrected chi connectivity index (χ4v) is 5.63. The lowest BCUT2D eigenvalue weighted by Crippen LogP contribution is -2.46. The van der Waals surface area contributed by atoms with E-state index in [-0.39, 0.29) is 24.1 Å². The number of nitriles is 1. The van der Waals surface area contributed by atoms with Crippen LogP contribution in [0.25, 0.3) is 21.7 Å². The van der Waals surface area contributed by atoms with Gasteiger partial charge in [0.1, 0.15) is 11.3 Å². The van der Waals surface area contributed by atoms with Crippen LogP contribution >= 0.6 is 0 Å². The van der Waals surface area contributed by atoms with Crippen LogP contribution in [0.3, 0.4) is 0 Å². The molecule has 1 aromatic heterocycles. The zero-order valence-electron chi connectivity index (χ0n) is 23.6. The molecule has 0 spiro atoms. The number of hydrogen-bond donors (Lipinski definition) is 1. The summed E-state index contributed by atoms with van der Waals surface area (Å²) in [6.07, 6.45) is 2.85. The average molecular weight is 537 g/mol. The molecule has 4 aromatic rings. The van der Waals surface area contributed by atoms with Gasteiger partial charge in [-0.05, 0) is 81.0 Å². The van der Waals surface area contributed by atoms with Crippen molar-refractivity contribution >= 4 is 33.7 Å². The SMILES string of the molecule is CN(C(=O)OC(C)(C)C)C1CCC(NC(=O)c2cc3ccc(C#N)cc3n2Cc2cccc3ccccc23)CC1. The zero-order chi connectivity index (χ0) is 28.4. The third kappa shape index (κ3) is 5.81. The van der Waals surface area contributed by atoms with Crippen LogP contribution in [0, 0.1) is 11.3 Å². The van der Waals surface area contributed by atoms with Crippen LogP contribution in [-0.4, -0.2) is 46.2 Å². The van der Waals surface area contributed by atoms with E-state index in [2.05, 4.69) is 35.7 Å². The number of ether oxygens (including phenoxy) is 1. The third-order valence-electron chi connectivity index (χ3n) is 7.74. The van der Waals surface area contributed by atoms with Crippen LogP contribution < -0.4 is 5.32 Å². The molecular weight excluding hydrogens is 500 g/mol.